The van der Waals surface area contributed by atoms with Crippen LogP contribution in [0.5, 0.6) is 0 Å². The number of rotatable bonds is 3. The smallest absolute Gasteiger partial charge is 0.229 e. The van der Waals surface area contributed by atoms with Crippen molar-refractivity contribution in [1.82, 2.24) is 24.8 Å². The lowest BCUT2D eigenvalue weighted by Crippen LogP contribution is -2.53. The minimum atomic E-state index is -0.259. The van der Waals surface area contributed by atoms with Crippen LogP contribution in [-0.4, -0.2) is 50.4 Å². The second kappa shape index (κ2) is 7.30. The molecule has 2 aliphatic heterocycles. The molecule has 2 fully saturated rings. The van der Waals surface area contributed by atoms with Crippen molar-refractivity contribution in [3.63, 3.8) is 0 Å². The Morgan fingerprint density at radius 2 is 2.03 bits per heavy atom. The van der Waals surface area contributed by atoms with Crippen molar-refractivity contribution in [1.29, 1.82) is 0 Å². The number of likely N-dealkylation sites (tertiary alicyclic amines) is 1. The highest BCUT2D eigenvalue weighted by Gasteiger charge is 2.45. The van der Waals surface area contributed by atoms with Gasteiger partial charge in [-0.1, -0.05) is 11.6 Å². The van der Waals surface area contributed by atoms with Gasteiger partial charge < -0.3 is 14.8 Å². The van der Waals surface area contributed by atoms with E-state index >= 15 is 0 Å². The molecule has 0 unspecified atom stereocenters. The van der Waals surface area contributed by atoms with Crippen molar-refractivity contribution in [3.8, 4) is 0 Å². The largest absolute Gasteiger partial charge is 0.355 e. The number of piperidine rings is 2. The van der Waals surface area contributed by atoms with E-state index in [4.69, 9.17) is 11.6 Å². The molecule has 8 heteroatoms. The van der Waals surface area contributed by atoms with Crippen molar-refractivity contribution in [2.75, 3.05) is 24.5 Å². The summed E-state index contributed by atoms with van der Waals surface area (Å²) < 4.78 is 0. The molecule has 29 heavy (non-hydrogen) atoms. The molecule has 3 aromatic heterocycles. The molecule has 1 amide bonds. The van der Waals surface area contributed by atoms with E-state index in [2.05, 4.69) is 30.9 Å². The SMILES string of the molecule is O=C1N(Cc2c[nH]c3ncccc23)CCCC12CCN(c1cncc(Cl)n1)CC2. The van der Waals surface area contributed by atoms with E-state index in [0.717, 1.165) is 67.7 Å². The number of carbonyl (C=O) groups is 1. The van der Waals surface area contributed by atoms with Gasteiger partial charge in [0.2, 0.25) is 5.91 Å². The first-order chi connectivity index (χ1) is 14.1. The fourth-order valence-corrected chi connectivity index (χ4v) is 4.91. The molecule has 150 valence electrons. The quantitative estimate of drug-likeness (QED) is 0.715. The van der Waals surface area contributed by atoms with Gasteiger partial charge in [-0.2, -0.15) is 0 Å². The molecule has 0 aliphatic carbocycles. The second-order valence-electron chi connectivity index (χ2n) is 8.01. The van der Waals surface area contributed by atoms with E-state index < -0.39 is 0 Å². The lowest BCUT2D eigenvalue weighted by atomic mass is 9.71. The van der Waals surface area contributed by atoms with E-state index in [1.807, 2.05) is 17.2 Å². The zero-order valence-corrected chi connectivity index (χ0v) is 16.9. The number of nitrogens with zero attached hydrogens (tertiary/aromatic N) is 5. The maximum atomic E-state index is 13.5. The Morgan fingerprint density at radius 3 is 2.86 bits per heavy atom. The number of aromatic amines is 1. The molecule has 0 bridgehead atoms. The Kier molecular flexibility index (Phi) is 4.62. The molecular formula is C21H23ClN6O. The lowest BCUT2D eigenvalue weighted by Gasteiger charge is -2.46. The molecule has 5 heterocycles. The van der Waals surface area contributed by atoms with E-state index in [1.54, 1.807) is 18.6 Å². The van der Waals surface area contributed by atoms with Gasteiger partial charge in [0.05, 0.1) is 17.8 Å². The standard InChI is InChI=1S/C21H23ClN6O/c22-17-12-23-13-18(26-17)27-9-5-21(6-10-27)4-2-8-28(20(21)29)14-15-11-25-19-16(15)3-1-7-24-19/h1,3,7,11-13H,2,4-6,8-10,14H2,(H,24,25). The van der Waals surface area contributed by atoms with Gasteiger partial charge >= 0.3 is 0 Å². The molecule has 0 atom stereocenters. The number of fused-ring (bicyclic) bond motifs is 1. The predicted molar refractivity (Wildman–Crippen MR) is 112 cm³/mol. The second-order valence-corrected chi connectivity index (χ2v) is 8.40. The summed E-state index contributed by atoms with van der Waals surface area (Å²) >= 11 is 5.99. The summed E-state index contributed by atoms with van der Waals surface area (Å²) in [5, 5.41) is 1.49. The first-order valence-electron chi connectivity index (χ1n) is 10.1. The maximum Gasteiger partial charge on any atom is 0.229 e. The molecule has 0 radical (unpaired) electrons. The van der Waals surface area contributed by atoms with Gasteiger partial charge in [-0.3, -0.25) is 9.78 Å². The molecule has 2 saturated heterocycles. The number of hydrogen-bond acceptors (Lipinski definition) is 5. The van der Waals surface area contributed by atoms with Crippen LogP contribution in [0.2, 0.25) is 5.15 Å². The van der Waals surface area contributed by atoms with Gasteiger partial charge in [0.1, 0.15) is 16.6 Å². The maximum absolute atomic E-state index is 13.5. The number of nitrogens with one attached hydrogen (secondary N) is 1. The number of anilines is 1. The topological polar surface area (TPSA) is 78.0 Å². The van der Waals surface area contributed by atoms with Gasteiger partial charge in [-0.25, -0.2) is 9.97 Å². The van der Waals surface area contributed by atoms with Gasteiger partial charge in [0.25, 0.3) is 0 Å². The number of aromatic nitrogens is 4. The third kappa shape index (κ3) is 3.33. The molecule has 0 aromatic carbocycles. The Morgan fingerprint density at radius 1 is 1.17 bits per heavy atom. The van der Waals surface area contributed by atoms with Crippen LogP contribution in [0.25, 0.3) is 11.0 Å². The Labute approximate surface area is 174 Å². The van der Waals surface area contributed by atoms with Crippen LogP contribution in [0.4, 0.5) is 5.82 Å². The predicted octanol–water partition coefficient (Wildman–Crippen LogP) is 3.42. The number of H-pyrrole nitrogens is 1. The molecule has 0 saturated carbocycles. The summed E-state index contributed by atoms with van der Waals surface area (Å²) in [4.78, 5) is 33.8. The summed E-state index contributed by atoms with van der Waals surface area (Å²) in [6.45, 7) is 3.05. The van der Waals surface area contributed by atoms with Crippen molar-refractivity contribution in [2.45, 2.75) is 32.2 Å². The molecule has 1 spiro atoms. The number of hydrogen-bond donors (Lipinski definition) is 1. The van der Waals surface area contributed by atoms with Crippen LogP contribution in [0, 0.1) is 5.41 Å². The van der Waals surface area contributed by atoms with Crippen LogP contribution < -0.4 is 4.90 Å². The third-order valence-electron chi connectivity index (χ3n) is 6.36. The van der Waals surface area contributed by atoms with Crippen LogP contribution in [0.3, 0.4) is 0 Å². The van der Waals surface area contributed by atoms with Crippen molar-refractivity contribution in [3.05, 3.63) is 47.6 Å². The van der Waals surface area contributed by atoms with Crippen LogP contribution in [-0.2, 0) is 11.3 Å². The van der Waals surface area contributed by atoms with Crippen molar-refractivity contribution >= 4 is 34.4 Å². The average Bonchev–Trinajstić information content (AvgIpc) is 3.15. The molecule has 5 rings (SSSR count). The van der Waals surface area contributed by atoms with E-state index in [9.17, 15) is 4.79 Å². The first-order valence-corrected chi connectivity index (χ1v) is 10.5. The summed E-state index contributed by atoms with van der Waals surface area (Å²) in [5.74, 6) is 1.08. The van der Waals surface area contributed by atoms with E-state index in [-0.39, 0.29) is 5.41 Å². The first kappa shape index (κ1) is 18.4. The minimum Gasteiger partial charge on any atom is -0.355 e. The number of carbonyl (C=O) groups excluding carboxylic acids is 1. The summed E-state index contributed by atoms with van der Waals surface area (Å²) in [6, 6.07) is 4.00. The molecule has 2 aliphatic rings. The number of halogens is 1. The number of pyridine rings is 1. The third-order valence-corrected chi connectivity index (χ3v) is 6.54. The number of amides is 1. The average molecular weight is 411 g/mol. The van der Waals surface area contributed by atoms with Crippen LogP contribution in [0.1, 0.15) is 31.2 Å². The normalized spacial score (nSPS) is 19.3. The summed E-state index contributed by atoms with van der Waals surface area (Å²) in [5.41, 5.74) is 1.74. The van der Waals surface area contributed by atoms with Crippen molar-refractivity contribution in [2.24, 2.45) is 5.41 Å². The van der Waals surface area contributed by atoms with Gasteiger partial charge in [0, 0.05) is 44.0 Å². The van der Waals surface area contributed by atoms with Gasteiger partial charge in [0.15, 0.2) is 0 Å². The highest BCUT2D eigenvalue weighted by atomic mass is 35.5. The molecule has 3 aromatic rings. The minimum absolute atomic E-state index is 0.259. The Hall–Kier alpha value is -2.67. The fraction of sp³-hybridized carbons (Fsp3) is 0.429. The van der Waals surface area contributed by atoms with Crippen molar-refractivity contribution < 1.29 is 4.79 Å². The fourth-order valence-electron chi connectivity index (χ4n) is 4.76. The highest BCUT2D eigenvalue weighted by molar-refractivity contribution is 6.29. The lowest BCUT2D eigenvalue weighted by molar-refractivity contribution is -0.148. The molecular weight excluding hydrogens is 388 g/mol. The van der Waals surface area contributed by atoms with E-state index in [1.165, 1.54) is 0 Å². The zero-order chi connectivity index (χ0) is 19.8. The van der Waals surface area contributed by atoms with Gasteiger partial charge in [-0.05, 0) is 43.4 Å². The van der Waals surface area contributed by atoms with E-state index in [0.29, 0.717) is 17.6 Å². The van der Waals surface area contributed by atoms with Crippen LogP contribution >= 0.6 is 11.6 Å². The Bertz CT molecular complexity index is 1040. The highest BCUT2D eigenvalue weighted by Crippen LogP contribution is 2.42. The summed E-state index contributed by atoms with van der Waals surface area (Å²) in [6.07, 6.45) is 10.7. The van der Waals surface area contributed by atoms with Crippen LogP contribution in [0.15, 0.2) is 36.9 Å². The van der Waals surface area contributed by atoms with Gasteiger partial charge in [-0.15, -0.1) is 0 Å². The Balaban J connectivity index is 1.31. The monoisotopic (exact) mass is 410 g/mol. The summed E-state index contributed by atoms with van der Waals surface area (Å²) in [7, 11) is 0. The molecule has 1 N–H and O–H groups in total. The molecule has 7 nitrogen and oxygen atoms in total. The zero-order valence-electron chi connectivity index (χ0n) is 16.1.